The summed E-state index contributed by atoms with van der Waals surface area (Å²) in [5.41, 5.74) is 2.28. The topological polar surface area (TPSA) is 76.0 Å². The number of halogens is 1. The van der Waals surface area contributed by atoms with Gasteiger partial charge in [0.1, 0.15) is 11.9 Å². The smallest absolute Gasteiger partial charge is 0.249 e. The van der Waals surface area contributed by atoms with Crippen LogP contribution in [0.1, 0.15) is 12.5 Å². The molecule has 1 aromatic heterocycles. The van der Waals surface area contributed by atoms with Gasteiger partial charge < -0.3 is 10.6 Å². The third-order valence-electron chi connectivity index (χ3n) is 4.23. The molecule has 1 aliphatic rings. The Hall–Kier alpha value is -3.12. The number of amides is 2. The molecule has 7 heteroatoms. The molecular formula is C19H15ClN4O2. The number of fused-ring (bicyclic) bond motifs is 1. The van der Waals surface area contributed by atoms with Crippen LogP contribution in [0.3, 0.4) is 0 Å². The molecule has 26 heavy (non-hydrogen) atoms. The molecule has 1 unspecified atom stereocenters. The minimum absolute atomic E-state index is 0.0351. The second-order valence-corrected chi connectivity index (χ2v) is 6.42. The summed E-state index contributed by atoms with van der Waals surface area (Å²) >= 11 is 5.94. The number of benzene rings is 2. The zero-order valence-corrected chi connectivity index (χ0v) is 14.4. The number of nitrogens with zero attached hydrogens (tertiary/aromatic N) is 2. The Morgan fingerprint density at radius 2 is 1.88 bits per heavy atom. The second kappa shape index (κ2) is 6.65. The van der Waals surface area contributed by atoms with Crippen LogP contribution in [0.2, 0.25) is 5.02 Å². The first-order chi connectivity index (χ1) is 12.6. The Bertz CT molecular complexity index is 967. The Labute approximate surface area is 154 Å². The van der Waals surface area contributed by atoms with Crippen LogP contribution in [0, 0.1) is 0 Å². The summed E-state index contributed by atoms with van der Waals surface area (Å²) in [5, 5.41) is 10.6. The molecule has 0 aliphatic carbocycles. The van der Waals surface area contributed by atoms with Gasteiger partial charge in [0.05, 0.1) is 12.6 Å². The Balaban J connectivity index is 1.67. The third kappa shape index (κ3) is 3.07. The molecular weight excluding hydrogens is 352 g/mol. The molecule has 2 aromatic carbocycles. The lowest BCUT2D eigenvalue weighted by Gasteiger charge is -2.24. The van der Waals surface area contributed by atoms with Crippen LogP contribution in [-0.2, 0) is 9.59 Å². The van der Waals surface area contributed by atoms with Crippen LogP contribution < -0.4 is 10.6 Å². The number of hydrogen-bond acceptors (Lipinski definition) is 3. The molecule has 4 rings (SSSR count). The van der Waals surface area contributed by atoms with Gasteiger partial charge in [0.25, 0.3) is 0 Å². The van der Waals surface area contributed by atoms with E-state index in [0.29, 0.717) is 16.5 Å². The monoisotopic (exact) mass is 366 g/mol. The molecule has 0 radical (unpaired) electrons. The van der Waals surface area contributed by atoms with Gasteiger partial charge in [-0.2, -0.15) is 5.10 Å². The fourth-order valence-corrected chi connectivity index (χ4v) is 3.09. The maximum atomic E-state index is 12.7. The van der Waals surface area contributed by atoms with Crippen LogP contribution in [0.25, 0.3) is 11.1 Å². The summed E-state index contributed by atoms with van der Waals surface area (Å²) in [6.07, 6.45) is 1.68. The number of hydrogen-bond donors (Lipinski definition) is 2. The largest absolute Gasteiger partial charge is 0.324 e. The van der Waals surface area contributed by atoms with E-state index in [-0.39, 0.29) is 18.2 Å². The van der Waals surface area contributed by atoms with Gasteiger partial charge in [0.15, 0.2) is 0 Å². The highest BCUT2D eigenvalue weighted by Crippen LogP contribution is 2.34. The van der Waals surface area contributed by atoms with Gasteiger partial charge in [-0.1, -0.05) is 41.9 Å². The number of aromatic nitrogens is 2. The van der Waals surface area contributed by atoms with Crippen molar-refractivity contribution in [2.75, 3.05) is 10.6 Å². The first kappa shape index (κ1) is 16.4. The van der Waals surface area contributed by atoms with Gasteiger partial charge in [0, 0.05) is 16.3 Å². The van der Waals surface area contributed by atoms with Crippen molar-refractivity contribution in [1.29, 1.82) is 0 Å². The SMILES string of the molecule is O=C1CC(C(=O)Nc2ccccc2)n2ncc(-c3ccc(Cl)cc3)c2N1. The molecule has 2 N–H and O–H groups in total. The van der Waals surface area contributed by atoms with Crippen LogP contribution in [0.5, 0.6) is 0 Å². The van der Waals surface area contributed by atoms with E-state index >= 15 is 0 Å². The lowest BCUT2D eigenvalue weighted by molar-refractivity contribution is -0.125. The van der Waals surface area contributed by atoms with Crippen molar-refractivity contribution < 1.29 is 9.59 Å². The average Bonchev–Trinajstić information content (AvgIpc) is 3.06. The zero-order chi connectivity index (χ0) is 18.1. The molecule has 0 saturated heterocycles. The highest BCUT2D eigenvalue weighted by atomic mass is 35.5. The number of anilines is 2. The normalized spacial score (nSPS) is 15.9. The molecule has 6 nitrogen and oxygen atoms in total. The number of carbonyl (C=O) groups excluding carboxylic acids is 2. The van der Waals surface area contributed by atoms with Crippen molar-refractivity contribution >= 4 is 34.9 Å². The molecule has 1 aliphatic heterocycles. The lowest BCUT2D eigenvalue weighted by atomic mass is 10.1. The maximum Gasteiger partial charge on any atom is 0.249 e. The Kier molecular flexibility index (Phi) is 4.18. The summed E-state index contributed by atoms with van der Waals surface area (Å²) in [5.74, 6) is 0.0104. The predicted octanol–water partition coefficient (Wildman–Crippen LogP) is 3.73. The number of rotatable bonds is 3. The summed E-state index contributed by atoms with van der Waals surface area (Å²) in [4.78, 5) is 24.9. The minimum Gasteiger partial charge on any atom is -0.324 e. The fraction of sp³-hybridized carbons (Fsp3) is 0.105. The van der Waals surface area contributed by atoms with Crippen molar-refractivity contribution in [3.63, 3.8) is 0 Å². The van der Waals surface area contributed by atoms with E-state index < -0.39 is 6.04 Å². The summed E-state index contributed by atoms with van der Waals surface area (Å²) in [6, 6.07) is 15.7. The lowest BCUT2D eigenvalue weighted by Crippen LogP contribution is -2.35. The molecule has 0 saturated carbocycles. The van der Waals surface area contributed by atoms with E-state index in [2.05, 4.69) is 15.7 Å². The molecule has 3 aromatic rings. The van der Waals surface area contributed by atoms with Crippen molar-refractivity contribution in [1.82, 2.24) is 9.78 Å². The predicted molar refractivity (Wildman–Crippen MR) is 100 cm³/mol. The maximum absolute atomic E-state index is 12.7. The van der Waals surface area contributed by atoms with E-state index in [9.17, 15) is 9.59 Å². The third-order valence-corrected chi connectivity index (χ3v) is 4.48. The van der Waals surface area contributed by atoms with Crippen molar-refractivity contribution in [2.24, 2.45) is 0 Å². The molecule has 0 fully saturated rings. The number of carbonyl (C=O) groups is 2. The van der Waals surface area contributed by atoms with Gasteiger partial charge >= 0.3 is 0 Å². The van der Waals surface area contributed by atoms with Crippen LogP contribution in [0.4, 0.5) is 11.5 Å². The fourth-order valence-electron chi connectivity index (χ4n) is 2.96. The summed E-state index contributed by atoms with van der Waals surface area (Å²) in [6.45, 7) is 0. The van der Waals surface area contributed by atoms with Crippen molar-refractivity contribution in [2.45, 2.75) is 12.5 Å². The highest BCUT2D eigenvalue weighted by Gasteiger charge is 2.33. The molecule has 2 amide bonds. The second-order valence-electron chi connectivity index (χ2n) is 5.98. The van der Waals surface area contributed by atoms with Gasteiger partial charge in [0.2, 0.25) is 11.8 Å². The van der Waals surface area contributed by atoms with E-state index in [4.69, 9.17) is 11.6 Å². The molecule has 130 valence electrons. The van der Waals surface area contributed by atoms with Gasteiger partial charge in [-0.3, -0.25) is 9.59 Å². The van der Waals surface area contributed by atoms with Gasteiger partial charge in [-0.15, -0.1) is 0 Å². The van der Waals surface area contributed by atoms with Crippen LogP contribution in [-0.4, -0.2) is 21.6 Å². The first-order valence-electron chi connectivity index (χ1n) is 8.11. The number of para-hydroxylation sites is 1. The molecule has 0 bridgehead atoms. The van der Waals surface area contributed by atoms with Crippen molar-refractivity contribution in [3.8, 4) is 11.1 Å². The highest BCUT2D eigenvalue weighted by molar-refractivity contribution is 6.30. The summed E-state index contributed by atoms with van der Waals surface area (Å²) in [7, 11) is 0. The van der Waals surface area contributed by atoms with E-state index in [0.717, 1.165) is 11.1 Å². The zero-order valence-electron chi connectivity index (χ0n) is 13.6. The molecule has 1 atom stereocenters. The average molecular weight is 367 g/mol. The molecule has 0 spiro atoms. The molecule has 2 heterocycles. The minimum atomic E-state index is -0.708. The quantitative estimate of drug-likeness (QED) is 0.741. The standard InChI is InChI=1S/C19H15ClN4O2/c20-13-8-6-12(7-9-13)15-11-21-24-16(10-17(25)23-18(15)24)19(26)22-14-4-2-1-3-5-14/h1-9,11,16H,10H2,(H,22,26)(H,23,25). The van der Waals surface area contributed by atoms with Crippen molar-refractivity contribution in [3.05, 3.63) is 65.8 Å². The van der Waals surface area contributed by atoms with E-state index in [1.165, 1.54) is 0 Å². The Morgan fingerprint density at radius 3 is 2.62 bits per heavy atom. The first-order valence-corrected chi connectivity index (χ1v) is 8.49. The van der Waals surface area contributed by atoms with Crippen LogP contribution >= 0.6 is 11.6 Å². The van der Waals surface area contributed by atoms with Gasteiger partial charge in [-0.25, -0.2) is 4.68 Å². The Morgan fingerprint density at radius 1 is 1.15 bits per heavy atom. The van der Waals surface area contributed by atoms with Crippen LogP contribution in [0.15, 0.2) is 60.8 Å². The van der Waals surface area contributed by atoms with Gasteiger partial charge in [-0.05, 0) is 29.8 Å². The van der Waals surface area contributed by atoms with E-state index in [1.807, 2.05) is 30.3 Å². The van der Waals surface area contributed by atoms with E-state index in [1.54, 1.807) is 35.1 Å². The number of nitrogens with one attached hydrogen (secondary N) is 2. The summed E-state index contributed by atoms with van der Waals surface area (Å²) < 4.78 is 1.56.